The topological polar surface area (TPSA) is 51.1 Å². The second-order valence-electron chi connectivity index (χ2n) is 5.60. The van der Waals surface area contributed by atoms with Crippen LogP contribution in [0.1, 0.15) is 5.69 Å². The maximum Gasteiger partial charge on any atom is 0.311 e. The van der Waals surface area contributed by atoms with Crippen LogP contribution < -0.4 is 4.90 Å². The molecule has 0 bridgehead atoms. The van der Waals surface area contributed by atoms with Gasteiger partial charge in [0.1, 0.15) is 17.5 Å². The van der Waals surface area contributed by atoms with E-state index in [0.29, 0.717) is 19.8 Å². The van der Waals surface area contributed by atoms with Gasteiger partial charge in [-0.2, -0.15) is 14.4 Å². The van der Waals surface area contributed by atoms with Gasteiger partial charge in [-0.05, 0) is 6.92 Å². The second-order valence-corrected chi connectivity index (χ2v) is 5.60. The van der Waals surface area contributed by atoms with Crippen LogP contribution in [0.25, 0.3) is 10.9 Å². The Bertz CT molecular complexity index is 756. The van der Waals surface area contributed by atoms with Crippen LogP contribution in [0.15, 0.2) is 6.20 Å². The number of hydrogen-bond acceptors (Lipinski definition) is 5. The normalized spacial score (nSPS) is 27.6. The molecular formula is C14H13F3N4O. The van der Waals surface area contributed by atoms with Crippen LogP contribution in [0.5, 0.6) is 0 Å². The van der Waals surface area contributed by atoms with E-state index in [1.165, 1.54) is 13.1 Å². The zero-order valence-electron chi connectivity index (χ0n) is 11.8. The largest absolute Gasteiger partial charge is 0.379 e. The molecule has 1 saturated heterocycles. The molecule has 0 aromatic carbocycles. The maximum absolute atomic E-state index is 14.2. The zero-order chi connectivity index (χ0) is 15.4. The predicted molar refractivity (Wildman–Crippen MR) is 72.3 cm³/mol. The lowest BCUT2D eigenvalue weighted by atomic mass is 10.2. The summed E-state index contributed by atoms with van der Waals surface area (Å²) in [6.45, 7) is 2.56. The SMILES string of the molecule is Cc1ncc2c(N3CCOCC4C(F)C43)nc(F)nc2c1F. The van der Waals surface area contributed by atoms with E-state index >= 15 is 0 Å². The highest BCUT2D eigenvalue weighted by Gasteiger charge is 2.56. The van der Waals surface area contributed by atoms with E-state index in [1.807, 2.05) is 0 Å². The van der Waals surface area contributed by atoms with Crippen molar-refractivity contribution in [3.63, 3.8) is 0 Å². The van der Waals surface area contributed by atoms with E-state index in [4.69, 9.17) is 4.74 Å². The third-order valence-electron chi connectivity index (χ3n) is 4.26. The van der Waals surface area contributed by atoms with Crippen molar-refractivity contribution in [2.45, 2.75) is 19.1 Å². The summed E-state index contributed by atoms with van der Waals surface area (Å²) >= 11 is 0. The fraction of sp³-hybridized carbons (Fsp3) is 0.500. The van der Waals surface area contributed by atoms with Crippen molar-refractivity contribution in [3.05, 3.63) is 23.8 Å². The molecule has 1 aliphatic carbocycles. The second kappa shape index (κ2) is 4.77. The molecule has 2 fully saturated rings. The van der Waals surface area contributed by atoms with Crippen LogP contribution in [0.3, 0.4) is 0 Å². The van der Waals surface area contributed by atoms with Gasteiger partial charge < -0.3 is 9.64 Å². The van der Waals surface area contributed by atoms with Gasteiger partial charge in [-0.3, -0.25) is 4.98 Å². The van der Waals surface area contributed by atoms with Crippen molar-refractivity contribution < 1.29 is 17.9 Å². The number of hydrogen-bond donors (Lipinski definition) is 0. The molecule has 22 heavy (non-hydrogen) atoms. The fourth-order valence-electron chi connectivity index (χ4n) is 3.01. The molecule has 3 atom stereocenters. The lowest BCUT2D eigenvalue weighted by molar-refractivity contribution is 0.130. The fourth-order valence-corrected chi connectivity index (χ4v) is 3.01. The van der Waals surface area contributed by atoms with Gasteiger partial charge >= 0.3 is 6.08 Å². The summed E-state index contributed by atoms with van der Waals surface area (Å²) in [5.41, 5.74) is -0.00353. The Kier molecular flexibility index (Phi) is 2.97. The summed E-state index contributed by atoms with van der Waals surface area (Å²) in [4.78, 5) is 12.9. The minimum absolute atomic E-state index is 0.128. The van der Waals surface area contributed by atoms with E-state index in [-0.39, 0.29) is 28.3 Å². The average molecular weight is 310 g/mol. The lowest BCUT2D eigenvalue weighted by Crippen LogP contribution is -2.31. The van der Waals surface area contributed by atoms with Crippen LogP contribution in [0.2, 0.25) is 0 Å². The number of fused-ring (bicyclic) bond motifs is 2. The molecule has 8 heteroatoms. The Labute approximate surface area is 124 Å². The molecule has 116 valence electrons. The van der Waals surface area contributed by atoms with Gasteiger partial charge in [0.2, 0.25) is 0 Å². The third kappa shape index (κ3) is 1.93. The molecule has 0 amide bonds. The monoisotopic (exact) mass is 310 g/mol. The first-order chi connectivity index (χ1) is 10.6. The van der Waals surface area contributed by atoms with Gasteiger partial charge in [0, 0.05) is 18.7 Å². The molecule has 3 unspecified atom stereocenters. The lowest BCUT2D eigenvalue weighted by Gasteiger charge is -2.23. The van der Waals surface area contributed by atoms with Crippen molar-refractivity contribution in [2.75, 3.05) is 24.7 Å². The summed E-state index contributed by atoms with van der Waals surface area (Å²) in [6, 6.07) is -0.413. The van der Waals surface area contributed by atoms with E-state index in [0.717, 1.165) is 0 Å². The Morgan fingerprint density at radius 1 is 1.32 bits per heavy atom. The number of halogens is 3. The number of nitrogens with zero attached hydrogens (tertiary/aromatic N) is 4. The van der Waals surface area contributed by atoms with Gasteiger partial charge in [0.15, 0.2) is 5.82 Å². The van der Waals surface area contributed by atoms with Crippen LogP contribution in [0.4, 0.5) is 19.0 Å². The Morgan fingerprint density at radius 3 is 2.95 bits per heavy atom. The van der Waals surface area contributed by atoms with Gasteiger partial charge in [0.25, 0.3) is 0 Å². The third-order valence-corrected chi connectivity index (χ3v) is 4.26. The highest BCUT2D eigenvalue weighted by Crippen LogP contribution is 2.43. The summed E-state index contributed by atoms with van der Waals surface area (Å²) < 4.78 is 47.1. The molecule has 1 saturated carbocycles. The number of pyridine rings is 1. The molecule has 1 aliphatic heterocycles. The number of ether oxygens (including phenoxy) is 1. The molecule has 0 spiro atoms. The molecule has 2 aliphatic rings. The van der Waals surface area contributed by atoms with Crippen molar-refractivity contribution in [1.29, 1.82) is 0 Å². The summed E-state index contributed by atoms with van der Waals surface area (Å²) in [5.74, 6) is -0.761. The Morgan fingerprint density at radius 2 is 2.14 bits per heavy atom. The van der Waals surface area contributed by atoms with Crippen LogP contribution in [-0.2, 0) is 4.74 Å². The minimum atomic E-state index is -1.04. The van der Waals surface area contributed by atoms with E-state index in [2.05, 4.69) is 15.0 Å². The molecule has 0 N–H and O–H groups in total. The molecule has 3 heterocycles. The first kappa shape index (κ1) is 13.7. The van der Waals surface area contributed by atoms with Crippen molar-refractivity contribution >= 4 is 16.7 Å². The van der Waals surface area contributed by atoms with Gasteiger partial charge in [0.05, 0.1) is 30.3 Å². The first-order valence-corrected chi connectivity index (χ1v) is 7.04. The highest BCUT2D eigenvalue weighted by molar-refractivity contribution is 5.89. The Balaban J connectivity index is 1.89. The van der Waals surface area contributed by atoms with E-state index < -0.39 is 24.1 Å². The minimum Gasteiger partial charge on any atom is -0.379 e. The number of rotatable bonds is 1. The standard InChI is InChI=1S/C14H13F3N4O/c1-6-9(15)11-7(4-18-6)13(20-14(17)19-11)21-2-3-22-5-8-10(16)12(8)21/h4,8,10,12H,2-3,5H2,1H3. The van der Waals surface area contributed by atoms with Crippen molar-refractivity contribution in [2.24, 2.45) is 5.92 Å². The van der Waals surface area contributed by atoms with E-state index in [9.17, 15) is 13.2 Å². The van der Waals surface area contributed by atoms with Gasteiger partial charge in [-0.15, -0.1) is 0 Å². The van der Waals surface area contributed by atoms with E-state index in [1.54, 1.807) is 4.90 Å². The Hall–Kier alpha value is -1.96. The van der Waals surface area contributed by atoms with Gasteiger partial charge in [-0.25, -0.2) is 8.78 Å². The van der Waals surface area contributed by atoms with Crippen molar-refractivity contribution in [1.82, 2.24) is 15.0 Å². The number of alkyl halides is 1. The van der Waals surface area contributed by atoms with Gasteiger partial charge in [-0.1, -0.05) is 0 Å². The smallest absolute Gasteiger partial charge is 0.311 e. The molecule has 5 nitrogen and oxygen atoms in total. The summed E-state index contributed by atoms with van der Waals surface area (Å²) in [5, 5.41) is 0.282. The number of anilines is 1. The highest BCUT2D eigenvalue weighted by atomic mass is 19.1. The quantitative estimate of drug-likeness (QED) is 0.752. The van der Waals surface area contributed by atoms with Crippen LogP contribution in [0, 0.1) is 24.7 Å². The summed E-state index contributed by atoms with van der Waals surface area (Å²) in [6.07, 6.45) is -0.680. The van der Waals surface area contributed by atoms with Crippen LogP contribution in [-0.4, -0.2) is 46.9 Å². The number of aromatic nitrogens is 3. The molecular weight excluding hydrogens is 297 g/mol. The maximum atomic E-state index is 14.2. The van der Waals surface area contributed by atoms with Crippen LogP contribution >= 0.6 is 0 Å². The van der Waals surface area contributed by atoms with Crippen molar-refractivity contribution in [3.8, 4) is 0 Å². The molecule has 2 aromatic rings. The molecule has 4 rings (SSSR count). The first-order valence-electron chi connectivity index (χ1n) is 7.04. The summed E-state index contributed by atoms with van der Waals surface area (Å²) in [7, 11) is 0. The number of aryl methyl sites for hydroxylation is 1. The predicted octanol–water partition coefficient (Wildman–Crippen LogP) is 1.78. The average Bonchev–Trinajstić information content (AvgIpc) is 3.18. The zero-order valence-corrected chi connectivity index (χ0v) is 11.8. The molecule has 0 radical (unpaired) electrons. The molecule has 2 aromatic heterocycles.